The molecule has 0 atom stereocenters. The van der Waals surface area contributed by atoms with Crippen molar-refractivity contribution in [3.05, 3.63) is 36.0 Å². The third-order valence-corrected chi connectivity index (χ3v) is 4.51. The van der Waals surface area contributed by atoms with Crippen LogP contribution in [0.5, 0.6) is 0 Å². The van der Waals surface area contributed by atoms with Gasteiger partial charge in [0.25, 0.3) is 0 Å². The van der Waals surface area contributed by atoms with E-state index >= 15 is 0 Å². The average molecular weight is 337 g/mol. The van der Waals surface area contributed by atoms with Crippen molar-refractivity contribution in [2.24, 2.45) is 14.1 Å². The molecular weight excluding hydrogens is 318 g/mol. The molecule has 0 N–H and O–H groups in total. The first-order valence-electron chi connectivity index (χ1n) is 8.26. The van der Waals surface area contributed by atoms with Gasteiger partial charge in [0, 0.05) is 39.4 Å². The average Bonchev–Trinajstić information content (AvgIpc) is 3.33. The number of hydrogen-bond donors (Lipinski definition) is 0. The number of aryl methyl sites for hydroxylation is 2. The van der Waals surface area contributed by atoms with Crippen molar-refractivity contribution in [2.45, 2.75) is 18.8 Å². The lowest BCUT2D eigenvalue weighted by Crippen LogP contribution is -2.15. The molecule has 0 unspecified atom stereocenters. The fourth-order valence-electron chi connectivity index (χ4n) is 3.17. The summed E-state index contributed by atoms with van der Waals surface area (Å²) in [5.41, 5.74) is 2.31. The van der Waals surface area contributed by atoms with Crippen molar-refractivity contribution in [1.29, 1.82) is 5.26 Å². The maximum Gasteiger partial charge on any atom is 0.180 e. The molecule has 4 rings (SSSR count). The predicted molar refractivity (Wildman–Crippen MR) is 90.0 cm³/mol. The van der Waals surface area contributed by atoms with Crippen molar-refractivity contribution >= 4 is 0 Å². The van der Waals surface area contributed by atoms with Crippen LogP contribution in [0.4, 0.5) is 0 Å². The van der Waals surface area contributed by atoms with Crippen LogP contribution in [0, 0.1) is 11.3 Å². The largest absolute Gasteiger partial charge is 0.381 e. The van der Waals surface area contributed by atoms with E-state index in [0.717, 1.165) is 49.1 Å². The third-order valence-electron chi connectivity index (χ3n) is 4.51. The van der Waals surface area contributed by atoms with Crippen LogP contribution >= 0.6 is 0 Å². The van der Waals surface area contributed by atoms with Crippen LogP contribution in [0.15, 0.2) is 24.7 Å². The molecule has 3 aromatic rings. The van der Waals surface area contributed by atoms with E-state index in [9.17, 15) is 5.26 Å². The van der Waals surface area contributed by atoms with Crippen molar-refractivity contribution < 1.29 is 4.74 Å². The SMILES string of the molecule is Cn1cc(-n2nc(C3CCOCC3)nc2-c2cc(C#N)cn2C)cn1. The summed E-state index contributed by atoms with van der Waals surface area (Å²) in [6, 6.07) is 4.02. The lowest BCUT2D eigenvalue weighted by Gasteiger charge is -2.18. The van der Waals surface area contributed by atoms with Gasteiger partial charge in [-0.25, -0.2) is 9.67 Å². The topological polar surface area (TPSA) is 86.5 Å². The quantitative estimate of drug-likeness (QED) is 0.727. The van der Waals surface area contributed by atoms with E-state index in [2.05, 4.69) is 11.2 Å². The molecule has 0 aliphatic carbocycles. The standard InChI is InChI=1S/C17H19N7O/c1-22-10-12(8-18)7-15(22)17-20-16(13-3-5-25-6-4-13)21-24(17)14-9-19-23(2)11-14/h7,9-11,13H,3-6H2,1-2H3. The minimum Gasteiger partial charge on any atom is -0.381 e. The Morgan fingerprint density at radius 1 is 1.24 bits per heavy atom. The van der Waals surface area contributed by atoms with Gasteiger partial charge in [-0.15, -0.1) is 0 Å². The molecule has 1 aliphatic heterocycles. The first kappa shape index (κ1) is 15.6. The molecule has 128 valence electrons. The second-order valence-electron chi connectivity index (χ2n) is 6.30. The number of nitriles is 1. The molecule has 0 saturated carbocycles. The van der Waals surface area contributed by atoms with Crippen LogP contribution in [0.25, 0.3) is 17.2 Å². The van der Waals surface area contributed by atoms with E-state index in [1.807, 2.05) is 35.6 Å². The van der Waals surface area contributed by atoms with Crippen molar-refractivity contribution in [3.8, 4) is 23.3 Å². The maximum absolute atomic E-state index is 9.19. The number of hydrogen-bond acceptors (Lipinski definition) is 5. The number of nitrogens with zero attached hydrogens (tertiary/aromatic N) is 7. The van der Waals surface area contributed by atoms with Crippen LogP contribution in [-0.4, -0.2) is 42.3 Å². The summed E-state index contributed by atoms with van der Waals surface area (Å²) in [5, 5.41) is 18.2. The summed E-state index contributed by atoms with van der Waals surface area (Å²) in [6.45, 7) is 1.48. The molecule has 0 amide bonds. The fourth-order valence-corrected chi connectivity index (χ4v) is 3.17. The normalized spacial score (nSPS) is 15.4. The molecule has 1 aliphatic rings. The first-order valence-corrected chi connectivity index (χ1v) is 8.26. The zero-order valence-corrected chi connectivity index (χ0v) is 14.3. The second-order valence-corrected chi connectivity index (χ2v) is 6.30. The second kappa shape index (κ2) is 6.18. The Morgan fingerprint density at radius 3 is 2.68 bits per heavy atom. The van der Waals surface area contributed by atoms with Gasteiger partial charge < -0.3 is 9.30 Å². The Balaban J connectivity index is 1.84. The van der Waals surface area contributed by atoms with Gasteiger partial charge in [0.1, 0.15) is 11.8 Å². The Kier molecular flexibility index (Phi) is 3.86. The highest BCUT2D eigenvalue weighted by atomic mass is 16.5. The van der Waals surface area contributed by atoms with Crippen LogP contribution in [0.3, 0.4) is 0 Å². The highest BCUT2D eigenvalue weighted by molar-refractivity contribution is 5.57. The van der Waals surface area contributed by atoms with Crippen LogP contribution < -0.4 is 0 Å². The molecule has 8 heteroatoms. The minimum atomic E-state index is 0.293. The van der Waals surface area contributed by atoms with E-state index in [4.69, 9.17) is 14.8 Å². The van der Waals surface area contributed by atoms with Crippen molar-refractivity contribution in [2.75, 3.05) is 13.2 Å². The monoisotopic (exact) mass is 337 g/mol. The molecular formula is C17H19N7O. The predicted octanol–water partition coefficient (Wildman–Crippen LogP) is 1.77. The molecule has 1 saturated heterocycles. The van der Waals surface area contributed by atoms with Crippen LogP contribution in [0.2, 0.25) is 0 Å². The zero-order valence-electron chi connectivity index (χ0n) is 14.3. The Hall–Kier alpha value is -2.92. The van der Waals surface area contributed by atoms with Gasteiger partial charge in [0.2, 0.25) is 0 Å². The van der Waals surface area contributed by atoms with Crippen molar-refractivity contribution in [3.63, 3.8) is 0 Å². The summed E-state index contributed by atoms with van der Waals surface area (Å²) in [7, 11) is 3.78. The molecule has 25 heavy (non-hydrogen) atoms. The minimum absolute atomic E-state index is 0.293. The van der Waals surface area contributed by atoms with Gasteiger partial charge in [-0.05, 0) is 18.9 Å². The van der Waals surface area contributed by atoms with E-state index in [0.29, 0.717) is 11.5 Å². The van der Waals surface area contributed by atoms with Gasteiger partial charge in [0.05, 0.1) is 23.7 Å². The van der Waals surface area contributed by atoms with E-state index in [-0.39, 0.29) is 0 Å². The molecule has 4 heterocycles. The fraction of sp³-hybridized carbons (Fsp3) is 0.412. The lowest BCUT2D eigenvalue weighted by molar-refractivity contribution is 0.0836. The summed E-state index contributed by atoms with van der Waals surface area (Å²) >= 11 is 0. The third kappa shape index (κ3) is 2.83. The lowest BCUT2D eigenvalue weighted by atomic mass is 10.00. The van der Waals surface area contributed by atoms with Crippen LogP contribution in [-0.2, 0) is 18.8 Å². The molecule has 8 nitrogen and oxygen atoms in total. The van der Waals surface area contributed by atoms with Gasteiger partial charge in [-0.1, -0.05) is 0 Å². The highest BCUT2D eigenvalue weighted by Gasteiger charge is 2.24. The molecule has 0 radical (unpaired) electrons. The van der Waals surface area contributed by atoms with E-state index in [1.54, 1.807) is 17.1 Å². The maximum atomic E-state index is 9.19. The molecule has 3 aromatic heterocycles. The summed E-state index contributed by atoms with van der Waals surface area (Å²) in [5.74, 6) is 1.83. The molecule has 1 fully saturated rings. The first-order chi connectivity index (χ1) is 12.2. The number of aromatic nitrogens is 6. The summed E-state index contributed by atoms with van der Waals surface area (Å²) in [6.07, 6.45) is 7.31. The smallest absolute Gasteiger partial charge is 0.180 e. The summed E-state index contributed by atoms with van der Waals surface area (Å²) < 4.78 is 10.9. The van der Waals surface area contributed by atoms with Gasteiger partial charge in [-0.3, -0.25) is 4.68 Å². The van der Waals surface area contributed by atoms with Crippen molar-refractivity contribution in [1.82, 2.24) is 29.1 Å². The number of ether oxygens (including phenoxy) is 1. The van der Waals surface area contributed by atoms with Gasteiger partial charge in [-0.2, -0.15) is 15.5 Å². The van der Waals surface area contributed by atoms with E-state index in [1.165, 1.54) is 0 Å². The zero-order chi connectivity index (χ0) is 17.4. The Bertz CT molecular complexity index is 937. The molecule has 0 spiro atoms. The Morgan fingerprint density at radius 2 is 2.04 bits per heavy atom. The van der Waals surface area contributed by atoms with Crippen LogP contribution in [0.1, 0.15) is 30.1 Å². The summed E-state index contributed by atoms with van der Waals surface area (Å²) in [4.78, 5) is 4.83. The Labute approximate surface area is 145 Å². The van der Waals surface area contributed by atoms with Gasteiger partial charge >= 0.3 is 0 Å². The van der Waals surface area contributed by atoms with E-state index < -0.39 is 0 Å². The van der Waals surface area contributed by atoms with Gasteiger partial charge in [0.15, 0.2) is 11.6 Å². The highest BCUT2D eigenvalue weighted by Crippen LogP contribution is 2.29. The number of rotatable bonds is 3. The molecule has 0 bridgehead atoms. The molecule has 0 aromatic carbocycles.